The van der Waals surface area contributed by atoms with Gasteiger partial charge in [0.15, 0.2) is 0 Å². The Kier molecular flexibility index (Phi) is 6.27. The number of anilines is 12. The SMILES string of the molecule is [2H]c1c([2H])c([2H])c(N(c2c([2H])c([2H])c([2H])c([2H])c2[2H])c2c([2H])c3c4c(c2[2H])N2c5c(c([2H])c([2H])c([2H])c5-n5c6c([2H])c([2H])c(C(C)(C)C)c([2H])c6c6c([2H])c(C(C)(C)C)c([2H])c2c65)B4c2c([2H])c([2H])c(N(c4c([2H])c([2H])c(C(C)(C)C)c([2H])c4[2H])c4c([2H])c([2H])c(C(C)(C)C)c([2H])c4[2H])c([2H])c2N3c2c([2H])c([2H])c(-c3c([2H])c([2H])c4c([2H])c([2H])c([2H])c([2H])c4c3[2H])c([2H])c2[2H])c([2H])c1[2H]. The molecule has 3 aliphatic rings. The maximum atomic E-state index is 11.6. The summed E-state index contributed by atoms with van der Waals surface area (Å²) in [6.07, 6.45) is 0. The molecule has 0 aliphatic carbocycles. The van der Waals surface area contributed by atoms with E-state index in [1.54, 1.807) is 41.5 Å². The zero-order valence-corrected chi connectivity index (χ0v) is 51.8. The Balaban J connectivity index is 1.26. The number of hydrogen-bond donors (Lipinski definition) is 0. The van der Waals surface area contributed by atoms with Gasteiger partial charge in [0.1, 0.15) is 0 Å². The van der Waals surface area contributed by atoms with Crippen LogP contribution < -0.4 is 36.0 Å². The highest BCUT2D eigenvalue weighted by Crippen LogP contribution is 2.56. The van der Waals surface area contributed by atoms with Gasteiger partial charge in [-0.25, -0.2) is 0 Å². The first kappa shape index (κ1) is 27.8. The second-order valence-corrected chi connectivity index (χ2v) is 26.6. The van der Waals surface area contributed by atoms with Crippen LogP contribution in [0.5, 0.6) is 0 Å². The molecule has 0 spiro atoms. The molecule has 4 heterocycles. The van der Waals surface area contributed by atoms with Gasteiger partial charge in [-0.1, -0.05) is 216 Å². The Bertz CT molecular complexity index is 7430. The molecule has 13 aromatic rings. The number of rotatable bonds is 8. The molecule has 0 atom stereocenters. The fraction of sp³-hybridized carbons (Fsp3) is 0.186. The molecule has 16 rings (SSSR count). The lowest BCUT2D eigenvalue weighted by atomic mass is 9.33. The van der Waals surface area contributed by atoms with Gasteiger partial charge in [-0.15, -0.1) is 0 Å². The van der Waals surface area contributed by atoms with Gasteiger partial charge < -0.3 is 24.2 Å². The minimum absolute atomic E-state index is 0.0771. The lowest BCUT2D eigenvalue weighted by Gasteiger charge is -2.47. The van der Waals surface area contributed by atoms with Crippen molar-refractivity contribution in [3.05, 3.63) is 276 Å². The molecule has 0 saturated heterocycles. The second kappa shape index (κ2) is 20.7. The van der Waals surface area contributed by atoms with Crippen LogP contribution in [0.3, 0.4) is 0 Å². The molecule has 0 unspecified atom stereocenters. The van der Waals surface area contributed by atoms with Crippen molar-refractivity contribution in [1.29, 1.82) is 0 Å². The molecule has 92 heavy (non-hydrogen) atoms. The number of para-hydroxylation sites is 3. The predicted molar refractivity (Wildman–Crippen MR) is 395 cm³/mol. The van der Waals surface area contributed by atoms with Crippen LogP contribution in [-0.2, 0) is 21.7 Å². The van der Waals surface area contributed by atoms with Gasteiger partial charge in [-0.05, 0) is 203 Å². The molecule has 0 N–H and O–H groups in total. The summed E-state index contributed by atoms with van der Waals surface area (Å²) in [6.45, 7) is 16.3. The third kappa shape index (κ3) is 9.27. The van der Waals surface area contributed by atoms with E-state index >= 15 is 0 Å². The molecular weight excluding hydrogens is 1110 g/mol. The first-order chi connectivity index (χ1) is 61.7. The Morgan fingerprint density at radius 1 is 0.326 bits per heavy atom. The van der Waals surface area contributed by atoms with Crippen molar-refractivity contribution in [1.82, 2.24) is 4.57 Å². The summed E-state index contributed by atoms with van der Waals surface area (Å²) in [7, 11) is 0. The molecule has 450 valence electrons. The first-order valence-corrected chi connectivity index (χ1v) is 29.5. The van der Waals surface area contributed by atoms with Crippen molar-refractivity contribution < 1.29 is 57.6 Å². The van der Waals surface area contributed by atoms with E-state index in [0.717, 1.165) is 9.47 Å². The summed E-state index contributed by atoms with van der Waals surface area (Å²) in [5.41, 5.74) is -25.6. The molecule has 3 aliphatic heterocycles. The van der Waals surface area contributed by atoms with Gasteiger partial charge in [0.2, 0.25) is 0 Å². The minimum atomic E-state index is -2.50. The van der Waals surface area contributed by atoms with Crippen molar-refractivity contribution in [2.24, 2.45) is 0 Å². The van der Waals surface area contributed by atoms with Gasteiger partial charge in [-0.2, -0.15) is 0 Å². The van der Waals surface area contributed by atoms with Gasteiger partial charge in [0.25, 0.3) is 6.71 Å². The monoisotopic (exact) mass is 1230 g/mol. The molecule has 1 aromatic heterocycles. The number of nitrogens with zero attached hydrogens (tertiary/aromatic N) is 5. The quantitative estimate of drug-likeness (QED) is 0.141. The van der Waals surface area contributed by atoms with Crippen LogP contribution in [0.1, 0.15) is 163 Å². The third-order valence-electron chi connectivity index (χ3n) is 16.2. The molecule has 6 heteroatoms. The van der Waals surface area contributed by atoms with E-state index in [1.807, 2.05) is 0 Å². The van der Waals surface area contributed by atoms with Crippen LogP contribution in [-0.4, -0.2) is 11.3 Å². The van der Waals surface area contributed by atoms with E-state index < -0.39 is 405 Å². The molecule has 0 amide bonds. The average Bonchev–Trinajstić information content (AvgIpc) is 1.32. The average molecular weight is 1230 g/mol. The van der Waals surface area contributed by atoms with Crippen molar-refractivity contribution in [2.45, 2.75) is 105 Å². The highest BCUT2D eigenvalue weighted by molar-refractivity contribution is 7.00. The zero-order valence-electron chi connectivity index (χ0n) is 93.8. The Hall–Kier alpha value is -10.0. The van der Waals surface area contributed by atoms with Gasteiger partial charge in [0.05, 0.1) is 91.4 Å². The lowest BCUT2D eigenvalue weighted by molar-refractivity contribution is 0.590. The third-order valence-corrected chi connectivity index (χ3v) is 16.2. The van der Waals surface area contributed by atoms with Crippen LogP contribution in [0.15, 0.2) is 254 Å². The van der Waals surface area contributed by atoms with E-state index in [2.05, 4.69) is 0 Å². The molecular formula is C86H78BN5. The molecule has 0 fully saturated rings. The van der Waals surface area contributed by atoms with Crippen molar-refractivity contribution in [3.8, 4) is 16.8 Å². The van der Waals surface area contributed by atoms with Crippen LogP contribution >= 0.6 is 0 Å². The fourth-order valence-electron chi connectivity index (χ4n) is 11.6. The second-order valence-electron chi connectivity index (χ2n) is 26.6. The molecule has 5 nitrogen and oxygen atoms in total. The Labute approximate surface area is 602 Å². The summed E-state index contributed by atoms with van der Waals surface area (Å²) < 4.78 is 422. The zero-order chi connectivity index (χ0) is 99.9. The maximum Gasteiger partial charge on any atom is 0.252 e. The molecule has 0 radical (unpaired) electrons. The molecule has 0 bridgehead atoms. The van der Waals surface area contributed by atoms with Crippen molar-refractivity contribution >= 4 is 124 Å². The fourth-order valence-corrected chi connectivity index (χ4v) is 11.6. The first-order valence-electron chi connectivity index (χ1n) is 50.5. The number of fused-ring (bicyclic) bond motifs is 10. The topological polar surface area (TPSA) is 17.9 Å². The van der Waals surface area contributed by atoms with Crippen molar-refractivity contribution in [2.75, 3.05) is 19.6 Å². The summed E-state index contributed by atoms with van der Waals surface area (Å²) in [5.74, 6) is 0. The van der Waals surface area contributed by atoms with Gasteiger partial charge >= 0.3 is 0 Å². The van der Waals surface area contributed by atoms with Gasteiger partial charge in [0, 0.05) is 62.0 Å². The van der Waals surface area contributed by atoms with Crippen LogP contribution in [0, 0.1) is 0 Å². The molecule has 12 aromatic carbocycles. The largest absolute Gasteiger partial charge is 0.311 e. The Morgan fingerprint density at radius 2 is 0.837 bits per heavy atom. The number of benzene rings is 12. The van der Waals surface area contributed by atoms with Crippen molar-refractivity contribution in [3.63, 3.8) is 0 Å². The van der Waals surface area contributed by atoms with E-state index in [-0.39, 0.29) is 33.0 Å². The Morgan fingerprint density at radius 3 is 1.45 bits per heavy atom. The van der Waals surface area contributed by atoms with E-state index in [4.69, 9.17) is 8.22 Å². The van der Waals surface area contributed by atoms with Crippen LogP contribution in [0.25, 0.3) is 49.4 Å². The predicted octanol–water partition coefficient (Wildman–Crippen LogP) is 22.1. The van der Waals surface area contributed by atoms with E-state index in [0.29, 0.717) is 14.7 Å². The van der Waals surface area contributed by atoms with E-state index in [9.17, 15) is 49.3 Å². The summed E-state index contributed by atoms with van der Waals surface area (Å²) in [6, 6.07) is -46.2. The standard InChI is InChI=1S/C86H78BN5/c1-83(2,3)59-34-41-65(42-35-59)88(66-43-36-60(37-44-66)84(4,5)6)68-45-46-72-76(52-68)90(67-39-32-56(33-40-67)58-31-30-55-22-19-20-23-57(55)48-58)77-53-69(89(63-24-15-13-16-25-63)64-26-17-14-18-27-64)54-78-80(77)87(72)73-28-21-29-75-82(73)92(78)79-51-62(86(10,11)12)50-71-70-49-61(85(7,8)9)38-47-74(70)91(75)81(71)79/h13-54H,1-12H3/i13D,14D,15D,16D,17D,18D,19D,20D,21D,22D,23D,24D,25D,26D,27D,28D,29D,30D,31D,32D,33D,34D,35D,36D,37D,38D,39D,40D,41D,42D,43D,44D,45D,46D,47D,48D,49D,50D,51D,52D,53D,54D. The number of hydrogen-bond acceptors (Lipinski definition) is 4. The maximum absolute atomic E-state index is 11.6. The lowest BCUT2D eigenvalue weighted by Crippen LogP contribution is -2.61. The molecule has 0 saturated carbocycles. The summed E-state index contributed by atoms with van der Waals surface area (Å²) >= 11 is 0. The van der Waals surface area contributed by atoms with Gasteiger partial charge in [-0.3, -0.25) is 0 Å². The summed E-state index contributed by atoms with van der Waals surface area (Å²) in [4.78, 5) is 2.24. The highest BCUT2D eigenvalue weighted by atomic mass is 15.2. The summed E-state index contributed by atoms with van der Waals surface area (Å²) in [5, 5.41) is -2.08. The highest BCUT2D eigenvalue weighted by Gasteiger charge is 2.47. The van der Waals surface area contributed by atoms with Crippen LogP contribution in [0.2, 0.25) is 0 Å². The smallest absolute Gasteiger partial charge is 0.252 e. The van der Waals surface area contributed by atoms with E-state index in [1.165, 1.54) is 41.5 Å². The minimum Gasteiger partial charge on any atom is -0.311 e. The van der Waals surface area contributed by atoms with Crippen LogP contribution in [0.4, 0.5) is 68.2 Å². The normalized spacial score (nSPS) is 19.8. The number of aromatic nitrogens is 1.